The Kier molecular flexibility index (Phi) is 9.38. The Morgan fingerprint density at radius 3 is 1.00 bits per heavy atom. The molecule has 0 fully saturated rings. The summed E-state index contributed by atoms with van der Waals surface area (Å²) in [4.78, 5) is 0. The maximum atomic E-state index is 6.27. The van der Waals surface area contributed by atoms with Gasteiger partial charge in [-0.2, -0.15) is 0 Å². The quantitative estimate of drug-likeness (QED) is 0.136. The van der Waals surface area contributed by atoms with Crippen molar-refractivity contribution < 1.29 is 0 Å². The van der Waals surface area contributed by atoms with Gasteiger partial charge in [0.25, 0.3) is 0 Å². The lowest BCUT2D eigenvalue weighted by atomic mass is 9.67. The average molecular weight is 744 g/mol. The molecule has 8 aromatic rings. The Morgan fingerprint density at radius 1 is 0.309 bits per heavy atom. The second kappa shape index (κ2) is 14.9. The molecule has 1 aliphatic rings. The molecular formula is C53H36Cl2. The highest BCUT2D eigenvalue weighted by molar-refractivity contribution is 6.31. The van der Waals surface area contributed by atoms with Crippen LogP contribution in [0.3, 0.4) is 0 Å². The summed E-state index contributed by atoms with van der Waals surface area (Å²) in [6.07, 6.45) is 8.84. The zero-order valence-corrected chi connectivity index (χ0v) is 31.6. The molecule has 1 aliphatic carbocycles. The molecule has 262 valence electrons. The van der Waals surface area contributed by atoms with Gasteiger partial charge in [-0.1, -0.05) is 205 Å². The molecule has 0 saturated heterocycles. The maximum Gasteiger partial charge on any atom is 0.0714 e. The summed E-state index contributed by atoms with van der Waals surface area (Å²) >= 11 is 12.5. The number of hydrogen-bond acceptors (Lipinski definition) is 0. The molecule has 55 heavy (non-hydrogen) atoms. The smallest absolute Gasteiger partial charge is 0.0714 e. The summed E-state index contributed by atoms with van der Waals surface area (Å²) in [7, 11) is 0. The Hall–Kier alpha value is -6.18. The van der Waals surface area contributed by atoms with E-state index in [0.29, 0.717) is 0 Å². The average Bonchev–Trinajstić information content (AvgIpc) is 3.53. The third-order valence-electron chi connectivity index (χ3n) is 10.7. The molecule has 0 bridgehead atoms. The second-order valence-corrected chi connectivity index (χ2v) is 14.9. The van der Waals surface area contributed by atoms with E-state index in [1.54, 1.807) is 0 Å². The molecule has 8 aromatic carbocycles. The first-order valence-electron chi connectivity index (χ1n) is 18.5. The zero-order valence-electron chi connectivity index (χ0n) is 30.0. The first-order chi connectivity index (χ1) is 27.0. The van der Waals surface area contributed by atoms with Gasteiger partial charge in [0, 0.05) is 10.0 Å². The standard InChI is InChI=1S/C53H36Cl2/c54-47-29-21-43(22-30-47)41-17-25-45(26-18-41)53(46-27-19-42(20-28-46)44-23-31-48(55)32-24-44)51-35-39(13-11-37-7-3-1-4-8-37)15-33-49(51)50-34-16-40(36-52(50)53)14-12-38-9-5-2-6-10-38/h1-36H/b13-11+,14-12+. The minimum Gasteiger partial charge on any atom is -0.0843 e. The van der Waals surface area contributed by atoms with Crippen molar-refractivity contribution >= 4 is 47.5 Å². The fraction of sp³-hybridized carbons (Fsp3) is 0.0189. The van der Waals surface area contributed by atoms with Crippen LogP contribution in [0.1, 0.15) is 44.5 Å². The largest absolute Gasteiger partial charge is 0.0843 e. The van der Waals surface area contributed by atoms with Crippen molar-refractivity contribution in [1.29, 1.82) is 0 Å². The van der Waals surface area contributed by atoms with Gasteiger partial charge in [0.2, 0.25) is 0 Å². The molecule has 0 aliphatic heterocycles. The molecule has 9 rings (SSSR count). The molecule has 0 amide bonds. The van der Waals surface area contributed by atoms with Crippen molar-refractivity contribution in [3.63, 3.8) is 0 Å². The predicted molar refractivity (Wildman–Crippen MR) is 235 cm³/mol. The first-order valence-corrected chi connectivity index (χ1v) is 19.3. The van der Waals surface area contributed by atoms with Crippen LogP contribution in [0.15, 0.2) is 194 Å². The van der Waals surface area contributed by atoms with Gasteiger partial charge in [-0.3, -0.25) is 0 Å². The van der Waals surface area contributed by atoms with E-state index < -0.39 is 5.41 Å². The van der Waals surface area contributed by atoms with E-state index in [-0.39, 0.29) is 0 Å². The molecule has 0 radical (unpaired) electrons. The Morgan fingerprint density at radius 2 is 0.636 bits per heavy atom. The fourth-order valence-corrected chi connectivity index (χ4v) is 8.23. The van der Waals surface area contributed by atoms with E-state index in [9.17, 15) is 0 Å². The molecule has 0 nitrogen and oxygen atoms in total. The molecule has 0 spiro atoms. The van der Waals surface area contributed by atoms with Crippen molar-refractivity contribution in [2.24, 2.45) is 0 Å². The summed E-state index contributed by atoms with van der Waals surface area (Å²) in [5, 5.41) is 1.46. The van der Waals surface area contributed by atoms with E-state index >= 15 is 0 Å². The van der Waals surface area contributed by atoms with Crippen molar-refractivity contribution in [3.05, 3.63) is 249 Å². The third kappa shape index (κ3) is 6.77. The minimum atomic E-state index is -0.602. The number of fused-ring (bicyclic) bond motifs is 3. The molecule has 0 heterocycles. The number of halogens is 2. The fourth-order valence-electron chi connectivity index (χ4n) is 7.98. The number of rotatable bonds is 8. The summed E-state index contributed by atoms with van der Waals surface area (Å²) in [5.74, 6) is 0. The Labute approximate surface area is 333 Å². The summed E-state index contributed by atoms with van der Waals surface area (Å²) < 4.78 is 0. The zero-order chi connectivity index (χ0) is 37.2. The summed E-state index contributed by atoms with van der Waals surface area (Å²) in [6.45, 7) is 0. The van der Waals surface area contributed by atoms with E-state index in [1.165, 1.54) is 44.5 Å². The van der Waals surface area contributed by atoms with Gasteiger partial charge in [-0.25, -0.2) is 0 Å². The van der Waals surface area contributed by atoms with Crippen LogP contribution in [0.4, 0.5) is 0 Å². The van der Waals surface area contributed by atoms with Gasteiger partial charge in [-0.15, -0.1) is 0 Å². The van der Waals surface area contributed by atoms with Crippen LogP contribution < -0.4 is 0 Å². The third-order valence-corrected chi connectivity index (χ3v) is 11.2. The van der Waals surface area contributed by atoms with Crippen LogP contribution in [0, 0.1) is 0 Å². The van der Waals surface area contributed by atoms with Crippen LogP contribution >= 0.6 is 23.2 Å². The number of hydrogen-bond donors (Lipinski definition) is 0. The van der Waals surface area contributed by atoms with Gasteiger partial charge in [0.1, 0.15) is 0 Å². The van der Waals surface area contributed by atoms with E-state index in [1.807, 2.05) is 24.3 Å². The van der Waals surface area contributed by atoms with Crippen LogP contribution in [0.2, 0.25) is 10.0 Å². The number of benzene rings is 8. The van der Waals surface area contributed by atoms with Gasteiger partial charge in [0.05, 0.1) is 5.41 Å². The van der Waals surface area contributed by atoms with Crippen molar-refractivity contribution in [2.75, 3.05) is 0 Å². The normalized spacial score (nSPS) is 12.9. The highest BCUT2D eigenvalue weighted by atomic mass is 35.5. The Bertz CT molecular complexity index is 2460. The van der Waals surface area contributed by atoms with Crippen LogP contribution in [-0.2, 0) is 5.41 Å². The minimum absolute atomic E-state index is 0.602. The van der Waals surface area contributed by atoms with Crippen molar-refractivity contribution in [1.82, 2.24) is 0 Å². The van der Waals surface area contributed by atoms with Crippen LogP contribution in [-0.4, -0.2) is 0 Å². The topological polar surface area (TPSA) is 0 Å². The lowest BCUT2D eigenvalue weighted by Crippen LogP contribution is -2.28. The molecule has 0 atom stereocenters. The van der Waals surface area contributed by atoms with Crippen LogP contribution in [0.25, 0.3) is 57.7 Å². The van der Waals surface area contributed by atoms with E-state index in [0.717, 1.165) is 43.4 Å². The molecular weight excluding hydrogens is 707 g/mol. The Balaban J connectivity index is 1.27. The lowest BCUT2D eigenvalue weighted by Gasteiger charge is -2.34. The van der Waals surface area contributed by atoms with E-state index in [4.69, 9.17) is 23.2 Å². The van der Waals surface area contributed by atoms with E-state index in [2.05, 4.69) is 194 Å². The van der Waals surface area contributed by atoms with Gasteiger partial charge in [-0.05, 0) is 114 Å². The molecule has 0 saturated carbocycles. The van der Waals surface area contributed by atoms with Crippen LogP contribution in [0.5, 0.6) is 0 Å². The highest BCUT2D eigenvalue weighted by Gasteiger charge is 2.46. The maximum absolute atomic E-state index is 6.27. The monoisotopic (exact) mass is 742 g/mol. The summed E-state index contributed by atoms with van der Waals surface area (Å²) in [6, 6.07) is 69.3. The molecule has 0 unspecified atom stereocenters. The second-order valence-electron chi connectivity index (χ2n) is 14.0. The van der Waals surface area contributed by atoms with Crippen molar-refractivity contribution in [3.8, 4) is 33.4 Å². The first kappa shape index (κ1) is 34.6. The van der Waals surface area contributed by atoms with Gasteiger partial charge in [0.15, 0.2) is 0 Å². The highest BCUT2D eigenvalue weighted by Crippen LogP contribution is 2.57. The van der Waals surface area contributed by atoms with Gasteiger partial charge < -0.3 is 0 Å². The van der Waals surface area contributed by atoms with Gasteiger partial charge >= 0.3 is 0 Å². The molecule has 2 heteroatoms. The molecule has 0 aromatic heterocycles. The summed E-state index contributed by atoms with van der Waals surface area (Å²) in [5.41, 5.74) is 16.0. The molecule has 0 N–H and O–H groups in total. The lowest BCUT2D eigenvalue weighted by molar-refractivity contribution is 0.768. The predicted octanol–water partition coefficient (Wildman–Crippen LogP) is 15.0. The SMILES string of the molecule is Clc1ccc(-c2ccc(C3(c4ccc(-c5ccc(Cl)cc5)cc4)c4cc(/C=C/c5ccccc5)ccc4-c4ccc(/C=C/c5ccccc5)cc43)cc2)cc1. The van der Waals surface area contributed by atoms with Crippen molar-refractivity contribution in [2.45, 2.75) is 5.41 Å².